The molecular formula is C10H12O3. The van der Waals surface area contributed by atoms with E-state index in [1.54, 1.807) is 0 Å². The molecule has 0 spiro atoms. The molecule has 0 unspecified atom stereocenters. The quantitative estimate of drug-likeness (QED) is 0.701. The van der Waals surface area contributed by atoms with Crippen LogP contribution in [0.15, 0.2) is 24.3 Å². The Kier molecular flexibility index (Phi) is 2.47. The summed E-state index contributed by atoms with van der Waals surface area (Å²) >= 11 is 0. The molecule has 1 aliphatic heterocycles. The molecule has 0 aliphatic carbocycles. The molecule has 1 aliphatic rings. The zero-order valence-electron chi connectivity index (χ0n) is 7.27. The van der Waals surface area contributed by atoms with Crippen LogP contribution in [0, 0.1) is 0 Å². The monoisotopic (exact) mass is 180 g/mol. The minimum absolute atomic E-state index is 0.0527. The highest BCUT2D eigenvalue weighted by Crippen LogP contribution is 2.16. The molecule has 0 saturated carbocycles. The van der Waals surface area contributed by atoms with E-state index in [0.29, 0.717) is 6.61 Å². The first-order valence-electron chi connectivity index (χ1n) is 4.32. The summed E-state index contributed by atoms with van der Waals surface area (Å²) in [6, 6.07) is 7.44. The minimum atomic E-state index is 0.0527. The summed E-state index contributed by atoms with van der Waals surface area (Å²) in [5, 5.41) is 8.87. The first kappa shape index (κ1) is 8.53. The molecule has 0 radical (unpaired) electrons. The third-order valence-electron chi connectivity index (χ3n) is 1.92. The third-order valence-corrected chi connectivity index (χ3v) is 1.92. The number of aliphatic hydroxyl groups excluding tert-OH is 1. The van der Waals surface area contributed by atoms with Crippen molar-refractivity contribution in [1.82, 2.24) is 0 Å². The second-order valence-electron chi connectivity index (χ2n) is 3.07. The predicted octanol–water partition coefficient (Wildman–Crippen LogP) is 0.956. The zero-order valence-corrected chi connectivity index (χ0v) is 7.27. The average Bonchev–Trinajstić information content (AvgIpc) is 2.99. The lowest BCUT2D eigenvalue weighted by Gasteiger charge is -2.04. The fourth-order valence-electron chi connectivity index (χ4n) is 1.09. The molecule has 0 aromatic heterocycles. The summed E-state index contributed by atoms with van der Waals surface area (Å²) < 4.78 is 10.4. The fraction of sp³-hybridized carbons (Fsp3) is 0.400. The smallest absolute Gasteiger partial charge is 0.119 e. The van der Waals surface area contributed by atoms with Gasteiger partial charge in [-0.25, -0.2) is 0 Å². The van der Waals surface area contributed by atoms with Gasteiger partial charge in [-0.1, -0.05) is 12.1 Å². The van der Waals surface area contributed by atoms with E-state index in [0.717, 1.165) is 17.9 Å². The van der Waals surface area contributed by atoms with Crippen LogP contribution in [-0.2, 0) is 11.3 Å². The van der Waals surface area contributed by atoms with Crippen LogP contribution in [0.3, 0.4) is 0 Å². The van der Waals surface area contributed by atoms with Crippen LogP contribution in [0.1, 0.15) is 5.56 Å². The van der Waals surface area contributed by atoms with E-state index < -0.39 is 0 Å². The Labute approximate surface area is 76.9 Å². The van der Waals surface area contributed by atoms with Gasteiger partial charge in [-0.05, 0) is 17.7 Å². The zero-order chi connectivity index (χ0) is 9.10. The Morgan fingerprint density at radius 2 is 2.38 bits per heavy atom. The molecule has 1 heterocycles. The van der Waals surface area contributed by atoms with Gasteiger partial charge in [0.1, 0.15) is 18.5 Å². The first-order valence-corrected chi connectivity index (χ1v) is 4.32. The maximum Gasteiger partial charge on any atom is 0.119 e. The number of ether oxygens (including phenoxy) is 2. The number of rotatable bonds is 4. The maximum absolute atomic E-state index is 8.87. The Balaban J connectivity index is 1.93. The minimum Gasteiger partial charge on any atom is -0.491 e. The van der Waals surface area contributed by atoms with Crippen molar-refractivity contribution in [2.24, 2.45) is 0 Å². The fourth-order valence-corrected chi connectivity index (χ4v) is 1.09. The Hall–Kier alpha value is -1.06. The summed E-state index contributed by atoms with van der Waals surface area (Å²) in [4.78, 5) is 0. The van der Waals surface area contributed by atoms with Gasteiger partial charge in [-0.2, -0.15) is 0 Å². The lowest BCUT2D eigenvalue weighted by molar-refractivity contribution is 0.260. The highest BCUT2D eigenvalue weighted by molar-refractivity contribution is 5.28. The molecule has 70 valence electrons. The highest BCUT2D eigenvalue weighted by Gasteiger charge is 2.22. The van der Waals surface area contributed by atoms with Gasteiger partial charge in [-0.3, -0.25) is 0 Å². The normalized spacial score (nSPS) is 19.9. The summed E-state index contributed by atoms with van der Waals surface area (Å²) in [5.41, 5.74) is 0.870. The van der Waals surface area contributed by atoms with E-state index in [-0.39, 0.29) is 12.7 Å². The molecule has 1 fully saturated rings. The number of hydrogen-bond acceptors (Lipinski definition) is 3. The van der Waals surface area contributed by atoms with Crippen molar-refractivity contribution in [3.05, 3.63) is 29.8 Å². The summed E-state index contributed by atoms with van der Waals surface area (Å²) in [6.07, 6.45) is 0.276. The van der Waals surface area contributed by atoms with Crippen LogP contribution < -0.4 is 4.74 Å². The molecular weight excluding hydrogens is 168 g/mol. The van der Waals surface area contributed by atoms with E-state index >= 15 is 0 Å². The Morgan fingerprint density at radius 1 is 1.54 bits per heavy atom. The Morgan fingerprint density at radius 3 is 3.08 bits per heavy atom. The van der Waals surface area contributed by atoms with Crippen LogP contribution in [0.4, 0.5) is 0 Å². The molecule has 1 N–H and O–H groups in total. The number of aliphatic hydroxyl groups is 1. The van der Waals surface area contributed by atoms with Crippen molar-refractivity contribution in [3.8, 4) is 5.75 Å². The standard InChI is InChI=1S/C10H12O3/c11-5-8-2-1-3-9(4-8)12-6-10-7-13-10/h1-4,10-11H,5-7H2/t10-/m1/s1. The molecule has 1 atom stereocenters. The topological polar surface area (TPSA) is 42.0 Å². The number of epoxide rings is 1. The highest BCUT2D eigenvalue weighted by atomic mass is 16.6. The van der Waals surface area contributed by atoms with Gasteiger partial charge in [0.05, 0.1) is 13.2 Å². The van der Waals surface area contributed by atoms with Gasteiger partial charge in [0.2, 0.25) is 0 Å². The molecule has 0 amide bonds. The molecule has 3 nitrogen and oxygen atoms in total. The van der Waals surface area contributed by atoms with E-state index in [2.05, 4.69) is 0 Å². The van der Waals surface area contributed by atoms with Crippen LogP contribution in [0.2, 0.25) is 0 Å². The van der Waals surface area contributed by atoms with E-state index in [1.165, 1.54) is 0 Å². The SMILES string of the molecule is OCc1cccc(OC[C@@H]2CO2)c1. The molecule has 3 heteroatoms. The van der Waals surface area contributed by atoms with Crippen molar-refractivity contribution in [2.75, 3.05) is 13.2 Å². The molecule has 0 bridgehead atoms. The largest absolute Gasteiger partial charge is 0.491 e. The predicted molar refractivity (Wildman–Crippen MR) is 47.6 cm³/mol. The van der Waals surface area contributed by atoms with Crippen LogP contribution in [0.25, 0.3) is 0 Å². The van der Waals surface area contributed by atoms with Gasteiger partial charge >= 0.3 is 0 Å². The van der Waals surface area contributed by atoms with Crippen molar-refractivity contribution in [2.45, 2.75) is 12.7 Å². The molecule has 1 aromatic carbocycles. The summed E-state index contributed by atoms with van der Waals surface area (Å²) in [5.74, 6) is 0.794. The lowest BCUT2D eigenvalue weighted by Crippen LogP contribution is -2.04. The Bertz CT molecular complexity index is 281. The van der Waals surface area contributed by atoms with Crippen LogP contribution >= 0.6 is 0 Å². The molecule has 1 saturated heterocycles. The van der Waals surface area contributed by atoms with Gasteiger partial charge in [0.15, 0.2) is 0 Å². The molecule has 1 aromatic rings. The van der Waals surface area contributed by atoms with Crippen molar-refractivity contribution in [1.29, 1.82) is 0 Å². The van der Waals surface area contributed by atoms with Gasteiger partial charge in [0.25, 0.3) is 0 Å². The van der Waals surface area contributed by atoms with Crippen LogP contribution in [0.5, 0.6) is 5.75 Å². The number of benzene rings is 1. The second-order valence-corrected chi connectivity index (χ2v) is 3.07. The van der Waals surface area contributed by atoms with Crippen LogP contribution in [-0.4, -0.2) is 24.4 Å². The van der Waals surface area contributed by atoms with Gasteiger partial charge < -0.3 is 14.6 Å². The molecule has 13 heavy (non-hydrogen) atoms. The van der Waals surface area contributed by atoms with E-state index in [1.807, 2.05) is 24.3 Å². The lowest BCUT2D eigenvalue weighted by atomic mass is 10.2. The maximum atomic E-state index is 8.87. The average molecular weight is 180 g/mol. The second kappa shape index (κ2) is 3.77. The third kappa shape index (κ3) is 2.44. The number of hydrogen-bond donors (Lipinski definition) is 1. The first-order chi connectivity index (χ1) is 6.38. The van der Waals surface area contributed by atoms with Crippen molar-refractivity contribution < 1.29 is 14.6 Å². The van der Waals surface area contributed by atoms with E-state index in [4.69, 9.17) is 14.6 Å². The summed E-state index contributed by atoms with van der Waals surface area (Å²) in [6.45, 7) is 1.46. The van der Waals surface area contributed by atoms with E-state index in [9.17, 15) is 0 Å². The van der Waals surface area contributed by atoms with Crippen molar-refractivity contribution in [3.63, 3.8) is 0 Å². The van der Waals surface area contributed by atoms with Gasteiger partial charge in [-0.15, -0.1) is 0 Å². The molecule has 2 rings (SSSR count). The van der Waals surface area contributed by atoms with Gasteiger partial charge in [0, 0.05) is 0 Å². The van der Waals surface area contributed by atoms with Crippen molar-refractivity contribution >= 4 is 0 Å². The summed E-state index contributed by atoms with van der Waals surface area (Å²) in [7, 11) is 0.